The molecule has 3 rings (SSSR count). The molecule has 86 valence electrons. The molecule has 2 aliphatic carbocycles. The van der Waals surface area contributed by atoms with Crippen molar-refractivity contribution >= 4 is 0 Å². The van der Waals surface area contributed by atoms with Gasteiger partial charge in [0.15, 0.2) is 0 Å². The fourth-order valence-corrected chi connectivity index (χ4v) is 3.69. The highest BCUT2D eigenvalue weighted by atomic mass is 14.3. The third-order valence-corrected chi connectivity index (χ3v) is 4.65. The molecule has 0 nitrogen and oxygen atoms in total. The summed E-state index contributed by atoms with van der Waals surface area (Å²) in [6.07, 6.45) is 11.5. The largest absolute Gasteiger partial charge is 0.0620 e. The number of fused-ring (bicyclic) bond motifs is 3. The van der Waals surface area contributed by atoms with E-state index in [0.29, 0.717) is 0 Å². The molecule has 0 radical (unpaired) electrons. The predicted molar refractivity (Wildman–Crippen MR) is 68.5 cm³/mol. The van der Waals surface area contributed by atoms with Gasteiger partial charge in [-0.15, -0.1) is 0 Å². The summed E-state index contributed by atoms with van der Waals surface area (Å²) in [5.74, 6) is 2.06. The fraction of sp³-hybridized carbons (Fsp3) is 0.625. The standard InChI is InChI=1S/C16H22/c1-2-7-16-11-9-14-5-3-4-13(12-14)8-10-15(16)6-1/h1-2,6-7,13-14H,3-5,8-12H2/t13-,14+. The third kappa shape index (κ3) is 2.16. The molecule has 0 heteroatoms. The first kappa shape index (κ1) is 10.4. The average molecular weight is 214 g/mol. The van der Waals surface area contributed by atoms with Crippen LogP contribution in [0.2, 0.25) is 0 Å². The number of rotatable bonds is 0. The van der Waals surface area contributed by atoms with E-state index in [9.17, 15) is 0 Å². The van der Waals surface area contributed by atoms with E-state index in [1.807, 2.05) is 0 Å². The Labute approximate surface area is 99.1 Å². The van der Waals surface area contributed by atoms with E-state index in [0.717, 1.165) is 11.8 Å². The van der Waals surface area contributed by atoms with Crippen molar-refractivity contribution in [3.63, 3.8) is 0 Å². The van der Waals surface area contributed by atoms with Crippen molar-refractivity contribution in [2.45, 2.75) is 51.4 Å². The van der Waals surface area contributed by atoms with Crippen LogP contribution in [0.3, 0.4) is 0 Å². The van der Waals surface area contributed by atoms with Gasteiger partial charge in [0.05, 0.1) is 0 Å². The van der Waals surface area contributed by atoms with E-state index < -0.39 is 0 Å². The maximum absolute atomic E-state index is 2.35. The number of hydrogen-bond donors (Lipinski definition) is 0. The van der Waals surface area contributed by atoms with Crippen molar-refractivity contribution in [1.29, 1.82) is 0 Å². The van der Waals surface area contributed by atoms with Crippen LogP contribution < -0.4 is 0 Å². The van der Waals surface area contributed by atoms with E-state index in [1.54, 1.807) is 11.1 Å². The molecule has 2 aliphatic rings. The van der Waals surface area contributed by atoms with E-state index in [4.69, 9.17) is 0 Å². The molecule has 0 unspecified atom stereocenters. The normalized spacial score (nSPS) is 29.8. The van der Waals surface area contributed by atoms with Gasteiger partial charge in [-0.05, 0) is 55.1 Å². The summed E-state index contributed by atoms with van der Waals surface area (Å²) < 4.78 is 0. The third-order valence-electron chi connectivity index (χ3n) is 4.65. The van der Waals surface area contributed by atoms with Gasteiger partial charge in [-0.3, -0.25) is 0 Å². The van der Waals surface area contributed by atoms with Crippen molar-refractivity contribution in [2.24, 2.45) is 11.8 Å². The highest BCUT2D eigenvalue weighted by molar-refractivity contribution is 5.27. The van der Waals surface area contributed by atoms with Gasteiger partial charge >= 0.3 is 0 Å². The van der Waals surface area contributed by atoms with E-state index in [1.165, 1.54) is 51.4 Å². The highest BCUT2D eigenvalue weighted by Crippen LogP contribution is 2.36. The Morgan fingerprint density at radius 1 is 0.750 bits per heavy atom. The van der Waals surface area contributed by atoms with Crippen LogP contribution in [0, 0.1) is 11.8 Å². The smallest absolute Gasteiger partial charge is 0.0274 e. The molecule has 0 amide bonds. The van der Waals surface area contributed by atoms with Gasteiger partial charge in [0.25, 0.3) is 0 Å². The lowest BCUT2D eigenvalue weighted by atomic mass is 9.78. The Morgan fingerprint density at radius 3 is 1.88 bits per heavy atom. The minimum atomic E-state index is 1.03. The van der Waals surface area contributed by atoms with Crippen molar-refractivity contribution in [3.8, 4) is 0 Å². The molecule has 0 saturated heterocycles. The van der Waals surface area contributed by atoms with E-state index in [-0.39, 0.29) is 0 Å². The molecule has 1 saturated carbocycles. The Hall–Kier alpha value is -0.780. The van der Waals surface area contributed by atoms with Gasteiger partial charge in [0.2, 0.25) is 0 Å². The molecule has 2 atom stereocenters. The zero-order valence-corrected chi connectivity index (χ0v) is 10.1. The summed E-state index contributed by atoms with van der Waals surface area (Å²) in [6.45, 7) is 0. The predicted octanol–water partition coefficient (Wildman–Crippen LogP) is 4.37. The van der Waals surface area contributed by atoms with Crippen LogP contribution in [0.25, 0.3) is 0 Å². The quantitative estimate of drug-likeness (QED) is 0.601. The highest BCUT2D eigenvalue weighted by Gasteiger charge is 2.23. The van der Waals surface area contributed by atoms with Crippen LogP contribution in [0.1, 0.15) is 49.7 Å². The molecule has 0 aromatic heterocycles. The summed E-state index contributed by atoms with van der Waals surface area (Å²) in [7, 11) is 0. The summed E-state index contributed by atoms with van der Waals surface area (Å²) in [4.78, 5) is 0. The number of hydrogen-bond acceptors (Lipinski definition) is 0. The zero-order valence-electron chi connectivity index (χ0n) is 10.1. The Bertz CT molecular complexity index is 320. The molecule has 16 heavy (non-hydrogen) atoms. The lowest BCUT2D eigenvalue weighted by Gasteiger charge is -2.28. The molecule has 1 aromatic carbocycles. The molecule has 2 bridgehead atoms. The van der Waals surface area contributed by atoms with Gasteiger partial charge in [-0.1, -0.05) is 43.5 Å². The minimum Gasteiger partial charge on any atom is -0.0620 e. The monoisotopic (exact) mass is 214 g/mol. The van der Waals surface area contributed by atoms with Crippen LogP contribution in [-0.4, -0.2) is 0 Å². The van der Waals surface area contributed by atoms with Crippen LogP contribution >= 0.6 is 0 Å². The Morgan fingerprint density at radius 2 is 1.31 bits per heavy atom. The molecule has 1 aromatic rings. The molecule has 0 aliphatic heterocycles. The first-order chi connectivity index (χ1) is 7.92. The minimum absolute atomic E-state index is 1.03. The van der Waals surface area contributed by atoms with Crippen molar-refractivity contribution in [3.05, 3.63) is 35.4 Å². The Kier molecular flexibility index (Phi) is 2.99. The Balaban J connectivity index is 1.83. The van der Waals surface area contributed by atoms with Gasteiger partial charge in [-0.2, -0.15) is 0 Å². The van der Waals surface area contributed by atoms with E-state index in [2.05, 4.69) is 24.3 Å². The second-order valence-corrected chi connectivity index (χ2v) is 5.74. The summed E-state index contributed by atoms with van der Waals surface area (Å²) in [5, 5.41) is 0. The second kappa shape index (κ2) is 4.61. The van der Waals surface area contributed by atoms with Crippen LogP contribution in [0.15, 0.2) is 24.3 Å². The molecular formula is C16H22. The second-order valence-electron chi connectivity index (χ2n) is 5.74. The summed E-state index contributed by atoms with van der Waals surface area (Å²) >= 11 is 0. The van der Waals surface area contributed by atoms with Crippen molar-refractivity contribution in [2.75, 3.05) is 0 Å². The molecule has 0 N–H and O–H groups in total. The van der Waals surface area contributed by atoms with Gasteiger partial charge in [0.1, 0.15) is 0 Å². The fourth-order valence-electron chi connectivity index (χ4n) is 3.69. The van der Waals surface area contributed by atoms with Crippen LogP contribution in [0.4, 0.5) is 0 Å². The van der Waals surface area contributed by atoms with Crippen LogP contribution in [0.5, 0.6) is 0 Å². The van der Waals surface area contributed by atoms with Crippen molar-refractivity contribution in [1.82, 2.24) is 0 Å². The maximum atomic E-state index is 2.35. The molecule has 1 fully saturated rings. The molecule has 0 heterocycles. The summed E-state index contributed by atoms with van der Waals surface area (Å²) in [6, 6.07) is 9.13. The van der Waals surface area contributed by atoms with Crippen LogP contribution in [-0.2, 0) is 12.8 Å². The first-order valence-corrected chi connectivity index (χ1v) is 6.98. The lowest BCUT2D eigenvalue weighted by Crippen LogP contribution is -2.15. The first-order valence-electron chi connectivity index (χ1n) is 6.98. The molecular weight excluding hydrogens is 192 g/mol. The zero-order chi connectivity index (χ0) is 10.8. The van der Waals surface area contributed by atoms with Gasteiger partial charge < -0.3 is 0 Å². The van der Waals surface area contributed by atoms with Crippen molar-refractivity contribution < 1.29 is 0 Å². The lowest BCUT2D eigenvalue weighted by molar-refractivity contribution is 0.248. The summed E-state index contributed by atoms with van der Waals surface area (Å²) in [5.41, 5.74) is 3.27. The maximum Gasteiger partial charge on any atom is -0.0274 e. The SMILES string of the molecule is c1ccc2c(c1)CC[C@H]1CCC[C@@H](CC2)C1. The number of benzene rings is 1. The topological polar surface area (TPSA) is 0 Å². The van der Waals surface area contributed by atoms with E-state index >= 15 is 0 Å². The number of aryl methyl sites for hydroxylation is 2. The van der Waals surface area contributed by atoms with Gasteiger partial charge in [-0.25, -0.2) is 0 Å². The van der Waals surface area contributed by atoms with Gasteiger partial charge in [0, 0.05) is 0 Å². The average Bonchev–Trinajstić information content (AvgIpc) is 2.40. The molecule has 0 spiro atoms.